The number of Topliss-reactive ketones (excluding diaryl/α,β-unsaturated/α-hetero) is 1. The monoisotopic (exact) mass is 503 g/mol. The molecule has 0 amide bonds. The van der Waals surface area contributed by atoms with E-state index in [1.165, 1.54) is 22.3 Å². The molecule has 0 aromatic heterocycles. The Morgan fingerprint density at radius 1 is 1.24 bits per heavy atom. The van der Waals surface area contributed by atoms with Gasteiger partial charge in [-0.1, -0.05) is 57.6 Å². The molecule has 3 unspecified atom stereocenters. The van der Waals surface area contributed by atoms with Crippen LogP contribution in [0.2, 0.25) is 0 Å². The second-order valence-electron chi connectivity index (χ2n) is 12.3. The standard InChI is InChI=1S/C33H45NO3/c1-5-7-31(34-22(2)3)24-8-6-9-26(21-24)37-19-18-33-17-14-28-27-13-11-25(35)20-23(27)10-12-29(28)30(33)15-16-32(33,4)36/h6,8-10,14,17,21-22,29-31,34,36H,5,7,11-13,15-16,18-20H2,1-4H3/t29?,30?,31?,32-,33-/m1/s1. The third-order valence-corrected chi connectivity index (χ3v) is 9.60. The van der Waals surface area contributed by atoms with Gasteiger partial charge in [0, 0.05) is 30.3 Å². The van der Waals surface area contributed by atoms with Crippen LogP contribution in [0.1, 0.15) is 97.1 Å². The predicted molar refractivity (Wildman–Crippen MR) is 149 cm³/mol. The maximum absolute atomic E-state index is 12.0. The molecule has 1 aromatic rings. The Morgan fingerprint density at radius 3 is 2.86 bits per heavy atom. The zero-order valence-electron chi connectivity index (χ0n) is 23.2. The molecule has 5 rings (SSSR count). The Hall–Kier alpha value is -2.17. The molecule has 2 saturated carbocycles. The van der Waals surface area contributed by atoms with Crippen LogP contribution in [-0.2, 0) is 4.79 Å². The zero-order valence-corrected chi connectivity index (χ0v) is 23.2. The molecule has 2 N–H and O–H groups in total. The lowest BCUT2D eigenvalue weighted by atomic mass is 9.57. The number of aliphatic hydroxyl groups is 1. The summed E-state index contributed by atoms with van der Waals surface area (Å²) in [5.74, 6) is 2.12. The lowest BCUT2D eigenvalue weighted by molar-refractivity contribution is -0.118. The summed E-state index contributed by atoms with van der Waals surface area (Å²) in [6.45, 7) is 9.25. The van der Waals surface area contributed by atoms with Gasteiger partial charge in [-0.25, -0.2) is 0 Å². The van der Waals surface area contributed by atoms with Crippen molar-refractivity contribution < 1.29 is 14.6 Å². The fourth-order valence-electron chi connectivity index (χ4n) is 7.74. The van der Waals surface area contributed by atoms with E-state index in [1.54, 1.807) is 0 Å². The quantitative estimate of drug-likeness (QED) is 0.381. The van der Waals surface area contributed by atoms with Crippen molar-refractivity contribution in [3.05, 3.63) is 64.8 Å². The summed E-state index contributed by atoms with van der Waals surface area (Å²) in [5, 5.41) is 15.4. The zero-order chi connectivity index (χ0) is 26.2. The molecule has 0 saturated heterocycles. The molecule has 4 heteroatoms. The van der Waals surface area contributed by atoms with Crippen LogP contribution in [0, 0.1) is 17.3 Å². The first-order valence-corrected chi connectivity index (χ1v) is 14.6. The summed E-state index contributed by atoms with van der Waals surface area (Å²) in [7, 11) is 0. The first kappa shape index (κ1) is 26.4. The van der Waals surface area contributed by atoms with Crippen molar-refractivity contribution in [3.8, 4) is 5.75 Å². The summed E-state index contributed by atoms with van der Waals surface area (Å²) in [6, 6.07) is 9.30. The molecule has 0 aliphatic heterocycles. The first-order valence-electron chi connectivity index (χ1n) is 14.6. The van der Waals surface area contributed by atoms with Gasteiger partial charge in [0.25, 0.3) is 0 Å². The van der Waals surface area contributed by atoms with E-state index >= 15 is 0 Å². The van der Waals surface area contributed by atoms with Gasteiger partial charge < -0.3 is 15.2 Å². The fourth-order valence-corrected chi connectivity index (χ4v) is 7.74. The third kappa shape index (κ3) is 5.00. The maximum Gasteiger partial charge on any atom is 0.137 e. The third-order valence-electron chi connectivity index (χ3n) is 9.60. The molecule has 1 aromatic carbocycles. The average molecular weight is 504 g/mol. The van der Waals surface area contributed by atoms with E-state index in [0.717, 1.165) is 50.7 Å². The van der Waals surface area contributed by atoms with E-state index in [1.807, 2.05) is 6.92 Å². The van der Waals surface area contributed by atoms with Crippen LogP contribution >= 0.6 is 0 Å². The van der Waals surface area contributed by atoms with E-state index in [4.69, 9.17) is 4.74 Å². The Balaban J connectivity index is 1.34. The fraction of sp³-hybridized carbons (Fsp3) is 0.606. The van der Waals surface area contributed by atoms with Crippen molar-refractivity contribution in [2.24, 2.45) is 17.3 Å². The minimum Gasteiger partial charge on any atom is -0.494 e. The molecule has 4 aliphatic carbocycles. The van der Waals surface area contributed by atoms with E-state index in [9.17, 15) is 9.90 Å². The molecule has 5 atom stereocenters. The van der Waals surface area contributed by atoms with Crippen LogP contribution in [0.25, 0.3) is 0 Å². The molecule has 4 aliphatic rings. The molecule has 37 heavy (non-hydrogen) atoms. The smallest absolute Gasteiger partial charge is 0.137 e. The summed E-state index contributed by atoms with van der Waals surface area (Å²) in [6.07, 6.45) is 15.0. The Kier molecular flexibility index (Phi) is 7.53. The number of ketones is 1. The van der Waals surface area contributed by atoms with Crippen LogP contribution in [0.5, 0.6) is 5.75 Å². The van der Waals surface area contributed by atoms with Crippen LogP contribution in [0.15, 0.2) is 59.2 Å². The Bertz CT molecular complexity index is 1110. The van der Waals surface area contributed by atoms with Gasteiger partial charge in [0.15, 0.2) is 0 Å². The molecule has 0 bridgehead atoms. The van der Waals surface area contributed by atoms with Crippen LogP contribution < -0.4 is 10.1 Å². The van der Waals surface area contributed by atoms with Crippen LogP contribution in [0.4, 0.5) is 0 Å². The van der Waals surface area contributed by atoms with Gasteiger partial charge in [-0.2, -0.15) is 0 Å². The number of fused-ring (bicyclic) bond motifs is 4. The second kappa shape index (κ2) is 10.5. The molecular formula is C33H45NO3. The molecule has 200 valence electrons. The molecule has 0 radical (unpaired) electrons. The van der Waals surface area contributed by atoms with Crippen molar-refractivity contribution >= 4 is 5.78 Å². The predicted octanol–water partition coefficient (Wildman–Crippen LogP) is 7.01. The van der Waals surface area contributed by atoms with E-state index in [0.29, 0.717) is 49.2 Å². The number of nitrogens with one attached hydrogen (secondary N) is 1. The molecule has 0 heterocycles. The maximum atomic E-state index is 12.0. The van der Waals surface area contributed by atoms with Crippen molar-refractivity contribution in [3.63, 3.8) is 0 Å². The minimum atomic E-state index is -0.741. The molecule has 2 fully saturated rings. The molecular weight excluding hydrogens is 458 g/mol. The van der Waals surface area contributed by atoms with Gasteiger partial charge in [0.05, 0.1) is 12.2 Å². The number of hydrogen-bond donors (Lipinski definition) is 2. The number of carbonyl (C=O) groups is 1. The molecule has 4 nitrogen and oxygen atoms in total. The number of hydrogen-bond acceptors (Lipinski definition) is 4. The number of allylic oxidation sites excluding steroid dienone is 5. The molecule has 0 spiro atoms. The van der Waals surface area contributed by atoms with Gasteiger partial charge in [-0.3, -0.25) is 4.79 Å². The van der Waals surface area contributed by atoms with Crippen molar-refractivity contribution in [2.45, 2.75) is 103 Å². The second-order valence-corrected chi connectivity index (χ2v) is 12.3. The van der Waals surface area contributed by atoms with Gasteiger partial charge in [0.2, 0.25) is 0 Å². The van der Waals surface area contributed by atoms with Crippen molar-refractivity contribution in [2.75, 3.05) is 6.61 Å². The first-order chi connectivity index (χ1) is 17.7. The number of rotatable bonds is 9. The topological polar surface area (TPSA) is 58.6 Å². The van der Waals surface area contributed by atoms with Crippen molar-refractivity contribution in [1.29, 1.82) is 0 Å². The summed E-state index contributed by atoms with van der Waals surface area (Å²) < 4.78 is 6.38. The highest BCUT2D eigenvalue weighted by Gasteiger charge is 2.59. The number of benzene rings is 1. The number of ether oxygens (including phenoxy) is 1. The highest BCUT2D eigenvalue weighted by molar-refractivity contribution is 5.84. The van der Waals surface area contributed by atoms with Gasteiger partial charge in [0.1, 0.15) is 11.5 Å². The van der Waals surface area contributed by atoms with Crippen LogP contribution in [-0.4, -0.2) is 29.1 Å². The van der Waals surface area contributed by atoms with Gasteiger partial charge in [-0.15, -0.1) is 0 Å². The highest BCUT2D eigenvalue weighted by atomic mass is 16.5. The summed E-state index contributed by atoms with van der Waals surface area (Å²) in [5.41, 5.74) is 4.38. The summed E-state index contributed by atoms with van der Waals surface area (Å²) in [4.78, 5) is 12.0. The van der Waals surface area contributed by atoms with E-state index in [2.05, 4.69) is 68.6 Å². The Morgan fingerprint density at radius 2 is 2.08 bits per heavy atom. The Labute approximate surface area is 223 Å². The average Bonchev–Trinajstić information content (AvgIpc) is 3.14. The van der Waals surface area contributed by atoms with Gasteiger partial charge in [-0.05, 0) is 91.7 Å². The SMILES string of the molecule is CCCC(NC(C)C)c1cccc(OCC[C@]23C=CC4=C5CCC(=O)CC5=CCC4C2CC[C@@]3(C)O)c1. The van der Waals surface area contributed by atoms with Crippen molar-refractivity contribution in [1.82, 2.24) is 5.32 Å². The largest absolute Gasteiger partial charge is 0.494 e. The lowest BCUT2D eigenvalue weighted by Crippen LogP contribution is -2.48. The lowest BCUT2D eigenvalue weighted by Gasteiger charge is -2.49. The highest BCUT2D eigenvalue weighted by Crippen LogP contribution is 2.62. The number of carbonyl (C=O) groups excluding carboxylic acids is 1. The van der Waals surface area contributed by atoms with E-state index < -0.39 is 5.60 Å². The van der Waals surface area contributed by atoms with Gasteiger partial charge >= 0.3 is 0 Å². The summed E-state index contributed by atoms with van der Waals surface area (Å²) >= 11 is 0. The normalized spacial score (nSPS) is 31.6. The van der Waals surface area contributed by atoms with E-state index in [-0.39, 0.29) is 5.41 Å². The van der Waals surface area contributed by atoms with Crippen LogP contribution in [0.3, 0.4) is 0 Å². The minimum absolute atomic E-state index is 0.279.